The van der Waals surface area contributed by atoms with Gasteiger partial charge in [0, 0.05) is 5.75 Å². The summed E-state index contributed by atoms with van der Waals surface area (Å²) in [5, 5.41) is 9.84. The summed E-state index contributed by atoms with van der Waals surface area (Å²) in [6.07, 6.45) is 0. The van der Waals surface area contributed by atoms with Gasteiger partial charge in [-0.15, -0.1) is 11.8 Å². The highest BCUT2D eigenvalue weighted by molar-refractivity contribution is 8.00. The lowest BCUT2D eigenvalue weighted by Crippen LogP contribution is -2.71. The third kappa shape index (κ3) is 2.87. The Bertz CT molecular complexity index is 782. The standard InChI is InChI=1S/C17H19N3O5S/c1-9-8-26-16-13(15(22)19(16)12(9)17(23)24)20(25-2)14(21)11(18)10-6-4-3-5-7-10/h3-7,11,13,16H,8,18H2,1-2H3,(H,23,24)/t11-,13?,16-/m1/s1. The summed E-state index contributed by atoms with van der Waals surface area (Å²) in [4.78, 5) is 43.3. The number of thioether (sulfide) groups is 1. The van der Waals surface area contributed by atoms with Crippen LogP contribution in [-0.2, 0) is 19.2 Å². The number of aliphatic carboxylic acids is 1. The SMILES string of the molecule is CON(C(=O)[C@H](N)c1ccccc1)C1C(=O)N2C(C(=O)O)=C(C)CS[C@H]12. The van der Waals surface area contributed by atoms with Crippen LogP contribution in [-0.4, -0.2) is 57.1 Å². The summed E-state index contributed by atoms with van der Waals surface area (Å²) < 4.78 is 0. The smallest absolute Gasteiger partial charge is 0.352 e. The predicted octanol–water partition coefficient (Wildman–Crippen LogP) is 0.719. The Morgan fingerprint density at radius 1 is 1.38 bits per heavy atom. The maximum absolute atomic E-state index is 12.8. The fourth-order valence-corrected chi connectivity index (χ4v) is 4.44. The second kappa shape index (κ2) is 7.10. The molecule has 26 heavy (non-hydrogen) atoms. The van der Waals surface area contributed by atoms with E-state index in [0.29, 0.717) is 16.9 Å². The summed E-state index contributed by atoms with van der Waals surface area (Å²) in [6.45, 7) is 1.68. The van der Waals surface area contributed by atoms with Crippen molar-refractivity contribution in [1.29, 1.82) is 0 Å². The molecule has 0 aromatic heterocycles. The van der Waals surface area contributed by atoms with E-state index in [0.717, 1.165) is 5.06 Å². The number of carboxylic acids is 1. The molecule has 3 N–H and O–H groups in total. The molecular weight excluding hydrogens is 358 g/mol. The zero-order valence-electron chi connectivity index (χ0n) is 14.3. The van der Waals surface area contributed by atoms with Gasteiger partial charge in [-0.3, -0.25) is 19.3 Å². The second-order valence-corrected chi connectivity index (χ2v) is 7.13. The van der Waals surface area contributed by atoms with Gasteiger partial charge in [0.2, 0.25) is 0 Å². The minimum atomic E-state index is -1.16. The van der Waals surface area contributed by atoms with Gasteiger partial charge < -0.3 is 10.8 Å². The van der Waals surface area contributed by atoms with Gasteiger partial charge in [-0.05, 0) is 18.1 Å². The first-order valence-corrected chi connectivity index (χ1v) is 8.98. The molecule has 3 atom stereocenters. The van der Waals surface area contributed by atoms with Gasteiger partial charge in [-0.2, -0.15) is 0 Å². The number of carbonyl (C=O) groups is 3. The molecule has 8 nitrogen and oxygen atoms in total. The van der Waals surface area contributed by atoms with Gasteiger partial charge >= 0.3 is 5.97 Å². The van der Waals surface area contributed by atoms with Crippen molar-refractivity contribution in [3.05, 3.63) is 47.2 Å². The molecule has 1 fully saturated rings. The first-order chi connectivity index (χ1) is 12.4. The molecule has 9 heteroatoms. The van der Waals surface area contributed by atoms with Crippen molar-refractivity contribution in [3.8, 4) is 0 Å². The second-order valence-electron chi connectivity index (χ2n) is 6.02. The Kier molecular flexibility index (Phi) is 5.03. The molecule has 1 saturated heterocycles. The first-order valence-electron chi connectivity index (χ1n) is 7.94. The van der Waals surface area contributed by atoms with Crippen LogP contribution in [0.5, 0.6) is 0 Å². The van der Waals surface area contributed by atoms with Crippen LogP contribution in [0.25, 0.3) is 0 Å². The van der Waals surface area contributed by atoms with E-state index in [-0.39, 0.29) is 5.70 Å². The van der Waals surface area contributed by atoms with Crippen LogP contribution >= 0.6 is 11.8 Å². The highest BCUT2D eigenvalue weighted by Gasteiger charge is 2.57. The fourth-order valence-electron chi connectivity index (χ4n) is 3.12. The van der Waals surface area contributed by atoms with Gasteiger partial charge in [0.25, 0.3) is 11.8 Å². The van der Waals surface area contributed by atoms with Crippen molar-refractivity contribution in [2.24, 2.45) is 5.73 Å². The summed E-state index contributed by atoms with van der Waals surface area (Å²) in [5.74, 6) is -1.74. The van der Waals surface area contributed by atoms with Crippen LogP contribution in [0, 0.1) is 0 Å². The topological polar surface area (TPSA) is 113 Å². The fraction of sp³-hybridized carbons (Fsp3) is 0.353. The lowest BCUT2D eigenvalue weighted by Gasteiger charge is -2.51. The highest BCUT2D eigenvalue weighted by Crippen LogP contribution is 2.42. The van der Waals surface area contributed by atoms with Crippen LogP contribution in [0.1, 0.15) is 18.5 Å². The molecule has 0 radical (unpaired) electrons. The Hall–Kier alpha value is -2.36. The average Bonchev–Trinajstić information content (AvgIpc) is 2.65. The predicted molar refractivity (Wildman–Crippen MR) is 94.4 cm³/mol. The maximum Gasteiger partial charge on any atom is 0.352 e. The van der Waals surface area contributed by atoms with Crippen molar-refractivity contribution in [3.63, 3.8) is 0 Å². The van der Waals surface area contributed by atoms with Crippen molar-refractivity contribution < 1.29 is 24.3 Å². The average molecular weight is 377 g/mol. The van der Waals surface area contributed by atoms with E-state index < -0.39 is 35.2 Å². The third-order valence-electron chi connectivity index (χ3n) is 4.42. The number of β-lactam (4-membered cyclic amide) rings is 1. The summed E-state index contributed by atoms with van der Waals surface area (Å²) in [6, 6.07) is 6.88. The van der Waals surface area contributed by atoms with Crippen LogP contribution in [0.15, 0.2) is 41.6 Å². The summed E-state index contributed by atoms with van der Waals surface area (Å²) in [7, 11) is 1.29. The zero-order valence-corrected chi connectivity index (χ0v) is 15.1. The maximum atomic E-state index is 12.8. The number of nitrogens with zero attached hydrogens (tertiary/aromatic N) is 2. The Morgan fingerprint density at radius 3 is 2.62 bits per heavy atom. The van der Waals surface area contributed by atoms with Crippen molar-refractivity contribution in [2.45, 2.75) is 24.4 Å². The molecule has 1 unspecified atom stereocenters. The van der Waals surface area contributed by atoms with Gasteiger partial charge in [0.05, 0.1) is 7.11 Å². The molecule has 3 rings (SSSR count). The molecule has 1 aromatic rings. The number of carbonyl (C=O) groups excluding carboxylic acids is 2. The van der Waals surface area contributed by atoms with Crippen molar-refractivity contribution in [1.82, 2.24) is 9.96 Å². The number of benzene rings is 1. The van der Waals surface area contributed by atoms with Crippen LogP contribution in [0.2, 0.25) is 0 Å². The number of rotatable bonds is 5. The van der Waals surface area contributed by atoms with E-state index in [2.05, 4.69) is 0 Å². The number of nitrogens with two attached hydrogens (primary N) is 1. The van der Waals surface area contributed by atoms with Gasteiger partial charge in [0.15, 0.2) is 6.04 Å². The molecule has 0 bridgehead atoms. The molecule has 0 aliphatic carbocycles. The number of fused-ring (bicyclic) bond motifs is 1. The van der Waals surface area contributed by atoms with E-state index in [1.807, 2.05) is 6.07 Å². The van der Waals surface area contributed by atoms with Gasteiger partial charge in [-0.25, -0.2) is 9.86 Å². The van der Waals surface area contributed by atoms with Crippen LogP contribution < -0.4 is 5.73 Å². The number of hydrogen-bond acceptors (Lipinski definition) is 6. The van der Waals surface area contributed by atoms with Crippen molar-refractivity contribution in [2.75, 3.05) is 12.9 Å². The minimum Gasteiger partial charge on any atom is -0.477 e. The molecule has 2 heterocycles. The van der Waals surface area contributed by atoms with Crippen molar-refractivity contribution >= 4 is 29.5 Å². The lowest BCUT2D eigenvalue weighted by atomic mass is 10.0. The van der Waals surface area contributed by atoms with Gasteiger partial charge in [0.1, 0.15) is 17.1 Å². The molecule has 2 aliphatic rings. The molecule has 138 valence electrons. The zero-order chi connectivity index (χ0) is 19.0. The van der Waals surface area contributed by atoms with E-state index in [1.165, 1.54) is 23.8 Å². The number of carboxylic acid groups (broad SMARTS) is 1. The highest BCUT2D eigenvalue weighted by atomic mass is 32.2. The monoisotopic (exact) mass is 377 g/mol. The van der Waals surface area contributed by atoms with Crippen LogP contribution in [0.4, 0.5) is 0 Å². The normalized spacial score (nSPS) is 23.2. The quantitative estimate of drug-likeness (QED) is 0.574. The molecule has 2 aliphatic heterocycles. The van der Waals surface area contributed by atoms with E-state index in [9.17, 15) is 19.5 Å². The largest absolute Gasteiger partial charge is 0.477 e. The number of hydrogen-bond donors (Lipinski definition) is 2. The first kappa shape index (κ1) is 18.4. The third-order valence-corrected chi connectivity index (χ3v) is 5.83. The van der Waals surface area contributed by atoms with E-state index in [4.69, 9.17) is 10.6 Å². The van der Waals surface area contributed by atoms with E-state index in [1.54, 1.807) is 31.2 Å². The summed E-state index contributed by atoms with van der Waals surface area (Å²) >= 11 is 1.39. The Morgan fingerprint density at radius 2 is 2.04 bits per heavy atom. The summed E-state index contributed by atoms with van der Waals surface area (Å²) in [5.41, 5.74) is 7.23. The molecular formula is C17H19N3O5S. The number of hydroxylamine groups is 2. The Labute approximate surface area is 154 Å². The Balaban J connectivity index is 1.83. The molecule has 0 spiro atoms. The number of amides is 2. The molecule has 0 saturated carbocycles. The van der Waals surface area contributed by atoms with Crippen LogP contribution in [0.3, 0.4) is 0 Å². The lowest BCUT2D eigenvalue weighted by molar-refractivity contribution is -0.209. The molecule has 1 aromatic carbocycles. The van der Waals surface area contributed by atoms with Gasteiger partial charge in [-0.1, -0.05) is 30.3 Å². The van der Waals surface area contributed by atoms with E-state index >= 15 is 0 Å². The minimum absolute atomic E-state index is 0.0224. The molecule has 2 amide bonds.